The molecule has 1 aliphatic heterocycles. The summed E-state index contributed by atoms with van der Waals surface area (Å²) in [5, 5.41) is 15.0. The van der Waals surface area contributed by atoms with Gasteiger partial charge in [-0.05, 0) is 84.1 Å². The fraction of sp³-hybridized carbons (Fsp3) is 0.192. The van der Waals surface area contributed by atoms with Gasteiger partial charge in [-0.25, -0.2) is 0 Å². The Morgan fingerprint density at radius 1 is 1.03 bits per heavy atom. The smallest absolute Gasteiger partial charge is 0.255 e. The maximum atomic E-state index is 12.9. The van der Waals surface area contributed by atoms with Crippen molar-refractivity contribution in [2.24, 2.45) is 0 Å². The second-order valence-electron chi connectivity index (χ2n) is 8.21. The number of aromatic nitrogens is 2. The van der Waals surface area contributed by atoms with Crippen molar-refractivity contribution in [2.45, 2.75) is 26.8 Å². The SMILES string of the molecule is Cc1nnc(-c2ccc(C)c(-c3ccc(C(=O)Nc4cc(Cl)c5c(c4)CNCC5)cc3)c2)o1. The molecular weight excluding hydrogens is 436 g/mol. The van der Waals surface area contributed by atoms with Gasteiger partial charge < -0.3 is 15.1 Å². The highest BCUT2D eigenvalue weighted by Crippen LogP contribution is 2.30. The van der Waals surface area contributed by atoms with Crippen LogP contribution in [0.4, 0.5) is 5.69 Å². The van der Waals surface area contributed by atoms with Crippen LogP contribution >= 0.6 is 11.6 Å². The van der Waals surface area contributed by atoms with Crippen LogP contribution in [0.25, 0.3) is 22.6 Å². The summed E-state index contributed by atoms with van der Waals surface area (Å²) in [6.45, 7) is 5.49. The van der Waals surface area contributed by atoms with Gasteiger partial charge in [0.1, 0.15) is 0 Å². The number of rotatable bonds is 4. The first kappa shape index (κ1) is 21.4. The number of nitrogens with zero attached hydrogens (tertiary/aromatic N) is 2. The molecule has 2 N–H and O–H groups in total. The predicted octanol–water partition coefficient (Wildman–Crippen LogP) is 5.57. The van der Waals surface area contributed by atoms with E-state index in [1.54, 1.807) is 6.92 Å². The van der Waals surface area contributed by atoms with Gasteiger partial charge in [-0.15, -0.1) is 10.2 Å². The van der Waals surface area contributed by atoms with Gasteiger partial charge in [0, 0.05) is 35.3 Å². The molecule has 0 saturated carbocycles. The summed E-state index contributed by atoms with van der Waals surface area (Å²) >= 11 is 6.44. The number of carbonyl (C=O) groups is 1. The molecule has 166 valence electrons. The molecule has 1 aliphatic rings. The zero-order valence-corrected chi connectivity index (χ0v) is 19.2. The fourth-order valence-corrected chi connectivity index (χ4v) is 4.46. The Hall–Kier alpha value is -3.48. The van der Waals surface area contributed by atoms with Crippen LogP contribution in [0, 0.1) is 13.8 Å². The molecule has 0 unspecified atom stereocenters. The quantitative estimate of drug-likeness (QED) is 0.417. The molecule has 3 aromatic carbocycles. The fourth-order valence-electron chi connectivity index (χ4n) is 4.12. The predicted molar refractivity (Wildman–Crippen MR) is 129 cm³/mol. The Labute approximate surface area is 197 Å². The highest BCUT2D eigenvalue weighted by molar-refractivity contribution is 6.32. The zero-order chi connectivity index (χ0) is 22.9. The largest absolute Gasteiger partial charge is 0.421 e. The van der Waals surface area contributed by atoms with Crippen molar-refractivity contribution in [2.75, 3.05) is 11.9 Å². The van der Waals surface area contributed by atoms with Crippen LogP contribution in [-0.4, -0.2) is 22.6 Å². The third-order valence-corrected chi connectivity index (χ3v) is 6.22. The topological polar surface area (TPSA) is 80.0 Å². The normalized spacial score (nSPS) is 12.9. The van der Waals surface area contributed by atoms with Crippen molar-refractivity contribution >= 4 is 23.2 Å². The number of halogens is 1. The lowest BCUT2D eigenvalue weighted by molar-refractivity contribution is 0.102. The number of carbonyl (C=O) groups excluding carboxylic acids is 1. The van der Waals surface area contributed by atoms with Crippen LogP contribution in [0.3, 0.4) is 0 Å². The Balaban J connectivity index is 1.37. The van der Waals surface area contributed by atoms with Crippen molar-refractivity contribution in [1.29, 1.82) is 0 Å². The molecule has 1 aromatic heterocycles. The van der Waals surface area contributed by atoms with Crippen molar-refractivity contribution in [3.05, 3.63) is 87.8 Å². The van der Waals surface area contributed by atoms with Gasteiger partial charge in [0.25, 0.3) is 5.91 Å². The van der Waals surface area contributed by atoms with Crippen LogP contribution in [0.15, 0.2) is 59.0 Å². The highest BCUT2D eigenvalue weighted by atomic mass is 35.5. The van der Waals surface area contributed by atoms with Gasteiger partial charge in [-0.2, -0.15) is 0 Å². The second kappa shape index (κ2) is 8.81. The van der Waals surface area contributed by atoms with Crippen LogP contribution in [0.5, 0.6) is 0 Å². The van der Waals surface area contributed by atoms with Gasteiger partial charge in [0.05, 0.1) is 0 Å². The molecule has 2 heterocycles. The van der Waals surface area contributed by atoms with E-state index in [0.29, 0.717) is 28.1 Å². The molecule has 4 aromatic rings. The first-order chi connectivity index (χ1) is 16.0. The molecule has 0 spiro atoms. The molecule has 1 amide bonds. The number of aryl methyl sites for hydroxylation is 2. The average Bonchev–Trinajstić information content (AvgIpc) is 3.26. The van der Waals surface area contributed by atoms with Crippen LogP contribution in [0.1, 0.15) is 32.9 Å². The summed E-state index contributed by atoms with van der Waals surface area (Å²) in [4.78, 5) is 12.9. The molecular formula is C26H23ClN4O2. The lowest BCUT2D eigenvalue weighted by atomic mass is 9.97. The summed E-state index contributed by atoms with van der Waals surface area (Å²) in [5.74, 6) is 0.843. The van der Waals surface area contributed by atoms with E-state index in [2.05, 4.69) is 20.8 Å². The Bertz CT molecular complexity index is 1350. The highest BCUT2D eigenvalue weighted by Gasteiger charge is 2.15. The molecule has 0 radical (unpaired) electrons. The van der Waals surface area contributed by atoms with E-state index in [0.717, 1.165) is 52.9 Å². The maximum Gasteiger partial charge on any atom is 0.255 e. The van der Waals surface area contributed by atoms with Gasteiger partial charge in [-0.3, -0.25) is 4.79 Å². The standard InChI is InChI=1S/C26H23ClN4O2/c1-15-3-4-19(26-31-30-16(2)33-26)12-23(15)17-5-7-18(8-6-17)25(32)29-21-11-20-14-28-10-9-22(20)24(27)13-21/h3-8,11-13,28H,9-10,14H2,1-2H3,(H,29,32). The van der Waals surface area contributed by atoms with E-state index < -0.39 is 0 Å². The first-order valence-corrected chi connectivity index (χ1v) is 11.2. The number of anilines is 1. The van der Waals surface area contributed by atoms with Gasteiger partial charge in [0.15, 0.2) is 0 Å². The summed E-state index contributed by atoms with van der Waals surface area (Å²) in [6.07, 6.45) is 0.899. The number of fused-ring (bicyclic) bond motifs is 1. The van der Waals surface area contributed by atoms with Crippen molar-refractivity contribution in [1.82, 2.24) is 15.5 Å². The van der Waals surface area contributed by atoms with E-state index >= 15 is 0 Å². The van der Waals surface area contributed by atoms with E-state index in [9.17, 15) is 4.79 Å². The van der Waals surface area contributed by atoms with Gasteiger partial charge in [-0.1, -0.05) is 29.8 Å². The lowest BCUT2D eigenvalue weighted by Gasteiger charge is -2.19. The zero-order valence-electron chi connectivity index (χ0n) is 18.4. The number of nitrogens with one attached hydrogen (secondary N) is 2. The summed E-state index contributed by atoms with van der Waals surface area (Å²) in [7, 11) is 0. The third-order valence-electron chi connectivity index (χ3n) is 5.88. The minimum Gasteiger partial charge on any atom is -0.421 e. The first-order valence-electron chi connectivity index (χ1n) is 10.8. The molecule has 5 rings (SSSR count). The molecule has 0 bridgehead atoms. The lowest BCUT2D eigenvalue weighted by Crippen LogP contribution is -2.24. The van der Waals surface area contributed by atoms with Crippen LogP contribution in [0.2, 0.25) is 5.02 Å². The molecule has 0 saturated heterocycles. The molecule has 33 heavy (non-hydrogen) atoms. The number of benzene rings is 3. The van der Waals surface area contributed by atoms with Crippen molar-refractivity contribution in [3.63, 3.8) is 0 Å². The second-order valence-corrected chi connectivity index (χ2v) is 8.62. The minimum absolute atomic E-state index is 0.173. The van der Waals surface area contributed by atoms with Crippen molar-refractivity contribution in [3.8, 4) is 22.6 Å². The van der Waals surface area contributed by atoms with Crippen LogP contribution in [-0.2, 0) is 13.0 Å². The number of amides is 1. The van der Waals surface area contributed by atoms with E-state index in [4.69, 9.17) is 16.0 Å². The molecule has 0 atom stereocenters. The number of hydrogen-bond acceptors (Lipinski definition) is 5. The van der Waals surface area contributed by atoms with Crippen molar-refractivity contribution < 1.29 is 9.21 Å². The Kier molecular flexibility index (Phi) is 5.70. The Morgan fingerprint density at radius 2 is 1.82 bits per heavy atom. The minimum atomic E-state index is -0.173. The van der Waals surface area contributed by atoms with Gasteiger partial charge in [0.2, 0.25) is 11.8 Å². The van der Waals surface area contributed by atoms with E-state index in [1.165, 1.54) is 0 Å². The third kappa shape index (κ3) is 4.40. The van der Waals surface area contributed by atoms with Gasteiger partial charge >= 0.3 is 0 Å². The monoisotopic (exact) mass is 458 g/mol. The Morgan fingerprint density at radius 3 is 2.58 bits per heavy atom. The molecule has 0 fully saturated rings. The van der Waals surface area contributed by atoms with Crippen LogP contribution < -0.4 is 10.6 Å². The molecule has 0 aliphatic carbocycles. The summed E-state index contributed by atoms with van der Waals surface area (Å²) in [5.41, 5.74) is 7.59. The summed E-state index contributed by atoms with van der Waals surface area (Å²) < 4.78 is 5.56. The summed E-state index contributed by atoms with van der Waals surface area (Å²) in [6, 6.07) is 17.4. The van der Waals surface area contributed by atoms with E-state index in [-0.39, 0.29) is 5.91 Å². The molecule has 6 nitrogen and oxygen atoms in total. The average molecular weight is 459 g/mol. The maximum absolute atomic E-state index is 12.9. The van der Waals surface area contributed by atoms with E-state index in [1.807, 2.05) is 61.5 Å². The molecule has 7 heteroatoms. The number of hydrogen-bond donors (Lipinski definition) is 2.